The van der Waals surface area contributed by atoms with E-state index in [2.05, 4.69) is 9.97 Å². The Balaban J connectivity index is 0.000000165. The second-order valence-electron chi connectivity index (χ2n) is 9.28. The van der Waals surface area contributed by atoms with Crippen molar-refractivity contribution in [3.8, 4) is 22.5 Å². The van der Waals surface area contributed by atoms with Gasteiger partial charge in [-0.25, -0.2) is 18.7 Å². The number of nitrogens with zero attached hydrogens (tertiary/aromatic N) is 2. The summed E-state index contributed by atoms with van der Waals surface area (Å²) in [6.07, 6.45) is 0.0345. The molecule has 0 aliphatic carbocycles. The number of hydrogen-bond donors (Lipinski definition) is 1. The number of pyridine rings is 2. The molecule has 6 rings (SSSR count). The van der Waals surface area contributed by atoms with Gasteiger partial charge in [-0.1, -0.05) is 59.6 Å². The van der Waals surface area contributed by atoms with Gasteiger partial charge in [0, 0.05) is 55.2 Å². The first-order valence-electron chi connectivity index (χ1n) is 12.6. The van der Waals surface area contributed by atoms with E-state index in [0.29, 0.717) is 54.5 Å². The maximum atomic E-state index is 13.4. The molecule has 0 bridgehead atoms. The topological polar surface area (TPSA) is 63.1 Å². The Morgan fingerprint density at radius 2 is 1.20 bits per heavy atom. The van der Waals surface area contributed by atoms with Crippen LogP contribution in [-0.4, -0.2) is 21.4 Å². The van der Waals surface area contributed by atoms with E-state index in [9.17, 15) is 18.7 Å². The predicted octanol–water partition coefficient (Wildman–Crippen LogP) is 9.25. The highest BCUT2D eigenvalue weighted by Gasteiger charge is 2.16. The van der Waals surface area contributed by atoms with E-state index in [0.717, 1.165) is 17.2 Å². The van der Waals surface area contributed by atoms with Crippen molar-refractivity contribution in [1.29, 1.82) is 0 Å². The van der Waals surface area contributed by atoms with Crippen LogP contribution in [0.25, 0.3) is 44.3 Å². The highest BCUT2D eigenvalue weighted by Crippen LogP contribution is 2.34. The van der Waals surface area contributed by atoms with Crippen LogP contribution in [0.1, 0.15) is 28.9 Å². The van der Waals surface area contributed by atoms with E-state index in [4.69, 9.17) is 23.2 Å². The highest BCUT2D eigenvalue weighted by molar-refractivity contribution is 6.33. The van der Waals surface area contributed by atoms with Crippen LogP contribution in [0, 0.1) is 11.6 Å². The number of benzene rings is 4. The molecular formula is C33H22Cl2F2N2O2. The summed E-state index contributed by atoms with van der Waals surface area (Å²) in [6.45, 7) is 1.67. The molecule has 2 aromatic heterocycles. The fourth-order valence-corrected chi connectivity index (χ4v) is 4.91. The van der Waals surface area contributed by atoms with Gasteiger partial charge in [0.05, 0.1) is 28.5 Å². The molecular weight excluding hydrogens is 565 g/mol. The number of aliphatic hydroxyl groups excluding tert-OH is 1. The number of aldehydes is 1. The molecule has 0 radical (unpaired) electrons. The Labute approximate surface area is 244 Å². The minimum Gasteiger partial charge on any atom is -0.389 e. The molecule has 1 N–H and O–H groups in total. The number of carbonyl (C=O) groups excluding carboxylic acids is 1. The van der Waals surface area contributed by atoms with Gasteiger partial charge in [0.15, 0.2) is 6.29 Å². The molecule has 0 aliphatic heterocycles. The van der Waals surface area contributed by atoms with Gasteiger partial charge in [0.25, 0.3) is 0 Å². The molecule has 0 aliphatic rings. The van der Waals surface area contributed by atoms with Crippen molar-refractivity contribution in [2.24, 2.45) is 0 Å². The first-order chi connectivity index (χ1) is 19.7. The summed E-state index contributed by atoms with van der Waals surface area (Å²) < 4.78 is 26.7. The highest BCUT2D eigenvalue weighted by atomic mass is 35.5. The van der Waals surface area contributed by atoms with Gasteiger partial charge in [-0.05, 0) is 55.5 Å². The first-order valence-corrected chi connectivity index (χ1v) is 13.3. The van der Waals surface area contributed by atoms with E-state index >= 15 is 0 Å². The van der Waals surface area contributed by atoms with Crippen LogP contribution in [0.5, 0.6) is 0 Å². The van der Waals surface area contributed by atoms with E-state index in [1.54, 1.807) is 49.4 Å². The Morgan fingerprint density at radius 1 is 0.707 bits per heavy atom. The summed E-state index contributed by atoms with van der Waals surface area (Å²) in [5.41, 5.74) is 4.54. The smallest absolute Gasteiger partial charge is 0.152 e. The summed E-state index contributed by atoms with van der Waals surface area (Å²) >= 11 is 12.4. The summed E-state index contributed by atoms with van der Waals surface area (Å²) in [5.74, 6) is -0.709. The van der Waals surface area contributed by atoms with Crippen LogP contribution in [-0.2, 0) is 0 Å². The van der Waals surface area contributed by atoms with E-state index in [1.165, 1.54) is 24.3 Å². The van der Waals surface area contributed by atoms with Crippen molar-refractivity contribution in [2.75, 3.05) is 0 Å². The first kappa shape index (κ1) is 28.3. The number of aliphatic hydroxyl groups is 1. The average molecular weight is 587 g/mol. The normalized spacial score (nSPS) is 11.7. The fraction of sp³-hybridized carbons (Fsp3) is 0.0606. The summed E-state index contributed by atoms with van der Waals surface area (Å²) in [4.78, 5) is 20.2. The molecule has 0 spiro atoms. The second kappa shape index (κ2) is 12.1. The molecule has 0 saturated heterocycles. The van der Waals surface area contributed by atoms with Gasteiger partial charge in [0.2, 0.25) is 0 Å². The molecule has 1 atom stereocenters. The third-order valence-electron chi connectivity index (χ3n) is 6.45. The second-order valence-corrected chi connectivity index (χ2v) is 10.1. The van der Waals surface area contributed by atoms with Gasteiger partial charge in [-0.15, -0.1) is 0 Å². The largest absolute Gasteiger partial charge is 0.389 e. The van der Waals surface area contributed by atoms with Crippen LogP contribution in [0.15, 0.2) is 97.1 Å². The molecule has 4 nitrogen and oxygen atoms in total. The Bertz CT molecular complexity index is 1910. The number of hydrogen-bond acceptors (Lipinski definition) is 4. The van der Waals surface area contributed by atoms with E-state index in [1.807, 2.05) is 30.3 Å². The lowest BCUT2D eigenvalue weighted by Gasteiger charge is -2.14. The molecule has 0 saturated carbocycles. The lowest BCUT2D eigenvalue weighted by molar-refractivity contribution is 0.112. The number of fused-ring (bicyclic) bond motifs is 2. The van der Waals surface area contributed by atoms with Crippen molar-refractivity contribution < 1.29 is 18.7 Å². The van der Waals surface area contributed by atoms with Crippen LogP contribution >= 0.6 is 23.2 Å². The Hall–Kier alpha value is -4.23. The van der Waals surface area contributed by atoms with Gasteiger partial charge >= 0.3 is 0 Å². The zero-order valence-corrected chi connectivity index (χ0v) is 23.2. The number of rotatable bonds is 4. The SMILES string of the molecule is CC(O)c1cc2ccc(F)cc2nc1-c1ccccc1Cl.O=Cc1cc2ccc(F)cc2nc1-c1ccccc1Cl. The van der Waals surface area contributed by atoms with E-state index < -0.39 is 6.10 Å². The quantitative estimate of drug-likeness (QED) is 0.209. The van der Waals surface area contributed by atoms with Crippen molar-refractivity contribution in [1.82, 2.24) is 9.97 Å². The third kappa shape index (κ3) is 6.10. The van der Waals surface area contributed by atoms with Gasteiger partial charge in [-0.3, -0.25) is 4.79 Å². The minimum atomic E-state index is -0.696. The molecule has 204 valence electrons. The van der Waals surface area contributed by atoms with Crippen molar-refractivity contribution in [2.45, 2.75) is 13.0 Å². The van der Waals surface area contributed by atoms with Gasteiger partial charge in [0.1, 0.15) is 11.6 Å². The zero-order valence-electron chi connectivity index (χ0n) is 21.7. The van der Waals surface area contributed by atoms with Crippen molar-refractivity contribution >= 4 is 51.3 Å². The van der Waals surface area contributed by atoms with Crippen LogP contribution in [0.4, 0.5) is 8.78 Å². The summed E-state index contributed by atoms with van der Waals surface area (Å²) in [5, 5.41) is 12.5. The lowest BCUT2D eigenvalue weighted by atomic mass is 10.00. The van der Waals surface area contributed by atoms with E-state index in [-0.39, 0.29) is 11.6 Å². The Morgan fingerprint density at radius 3 is 1.71 bits per heavy atom. The lowest BCUT2D eigenvalue weighted by Crippen LogP contribution is -1.99. The van der Waals surface area contributed by atoms with Crippen molar-refractivity contribution in [3.63, 3.8) is 0 Å². The number of aromatic nitrogens is 2. The average Bonchev–Trinajstić information content (AvgIpc) is 2.96. The van der Waals surface area contributed by atoms with Gasteiger partial charge in [-0.2, -0.15) is 0 Å². The summed E-state index contributed by atoms with van der Waals surface area (Å²) in [7, 11) is 0. The standard InChI is InChI=1S/C17H13ClFNO.C16H9ClFNO/c1-10(21)14-8-11-6-7-12(19)9-16(11)20-17(14)13-4-2-3-5-15(13)18;17-14-4-2-1-3-13(14)16-11(9-20)7-10-5-6-12(18)8-15(10)19-16/h2-10,21H,1H3;1-9H. The number of halogens is 4. The predicted molar refractivity (Wildman–Crippen MR) is 160 cm³/mol. The molecule has 0 fully saturated rings. The monoisotopic (exact) mass is 586 g/mol. The zero-order chi connectivity index (χ0) is 29.1. The van der Waals surface area contributed by atoms with Gasteiger partial charge < -0.3 is 5.11 Å². The number of carbonyl (C=O) groups is 1. The van der Waals surface area contributed by atoms with Crippen LogP contribution in [0.2, 0.25) is 10.0 Å². The molecule has 4 aromatic carbocycles. The molecule has 2 heterocycles. The Kier molecular flexibility index (Phi) is 8.36. The van der Waals surface area contributed by atoms with Crippen LogP contribution < -0.4 is 0 Å². The molecule has 6 aromatic rings. The van der Waals surface area contributed by atoms with Crippen molar-refractivity contribution in [3.05, 3.63) is 130 Å². The molecule has 1 unspecified atom stereocenters. The molecule has 8 heteroatoms. The fourth-order valence-electron chi connectivity index (χ4n) is 4.46. The maximum absolute atomic E-state index is 13.4. The summed E-state index contributed by atoms with van der Waals surface area (Å²) in [6, 6.07) is 26.6. The third-order valence-corrected chi connectivity index (χ3v) is 7.11. The molecule has 41 heavy (non-hydrogen) atoms. The van der Waals surface area contributed by atoms with Crippen LogP contribution in [0.3, 0.4) is 0 Å². The minimum absolute atomic E-state index is 0.343. The maximum Gasteiger partial charge on any atom is 0.152 e. The molecule has 0 amide bonds.